The van der Waals surface area contributed by atoms with Crippen LogP contribution in [0.3, 0.4) is 0 Å². The lowest BCUT2D eigenvalue weighted by Crippen LogP contribution is -2.04. The molecular formula is C15H17NO2. The summed E-state index contributed by atoms with van der Waals surface area (Å²) >= 11 is 0. The average molecular weight is 243 g/mol. The highest BCUT2D eigenvalue weighted by Crippen LogP contribution is 2.29. The van der Waals surface area contributed by atoms with Crippen LogP contribution in [0.5, 0.6) is 5.75 Å². The normalized spacial score (nSPS) is 12.2. The third kappa shape index (κ3) is 2.68. The minimum atomic E-state index is -0.686. The molecule has 0 aliphatic carbocycles. The first-order chi connectivity index (χ1) is 8.72. The van der Waals surface area contributed by atoms with E-state index in [0.29, 0.717) is 6.61 Å². The van der Waals surface area contributed by atoms with Crippen molar-refractivity contribution in [3.05, 3.63) is 59.4 Å². The van der Waals surface area contributed by atoms with Crippen LogP contribution in [0.15, 0.2) is 42.6 Å². The topological polar surface area (TPSA) is 42.4 Å². The van der Waals surface area contributed by atoms with E-state index in [-0.39, 0.29) is 0 Å². The molecule has 1 N–H and O–H groups in total. The van der Waals surface area contributed by atoms with E-state index in [1.54, 1.807) is 6.20 Å². The molecule has 0 amide bonds. The summed E-state index contributed by atoms with van der Waals surface area (Å²) in [6.45, 7) is 4.42. The Labute approximate surface area is 107 Å². The van der Waals surface area contributed by atoms with Gasteiger partial charge in [-0.3, -0.25) is 4.98 Å². The number of ether oxygens (including phenoxy) is 1. The minimum absolute atomic E-state index is 0.582. The highest BCUT2D eigenvalue weighted by molar-refractivity contribution is 5.40. The Balaban J connectivity index is 2.36. The molecule has 1 unspecified atom stereocenters. The Morgan fingerprint density at radius 2 is 2.06 bits per heavy atom. The maximum atomic E-state index is 10.4. The third-order valence-electron chi connectivity index (χ3n) is 2.75. The van der Waals surface area contributed by atoms with E-state index < -0.39 is 6.10 Å². The van der Waals surface area contributed by atoms with E-state index in [9.17, 15) is 5.11 Å². The first kappa shape index (κ1) is 12.6. The third-order valence-corrected chi connectivity index (χ3v) is 2.75. The number of aryl methyl sites for hydroxylation is 1. The van der Waals surface area contributed by atoms with Gasteiger partial charge in [0.25, 0.3) is 0 Å². The molecule has 0 aliphatic heterocycles. The number of benzene rings is 1. The molecule has 0 fully saturated rings. The lowest BCUT2D eigenvalue weighted by Gasteiger charge is -2.16. The number of aliphatic hydroxyl groups is 1. The Morgan fingerprint density at radius 3 is 2.78 bits per heavy atom. The van der Waals surface area contributed by atoms with E-state index in [1.165, 1.54) is 0 Å². The molecule has 0 aliphatic rings. The zero-order valence-corrected chi connectivity index (χ0v) is 10.6. The van der Waals surface area contributed by atoms with Crippen LogP contribution in [0.1, 0.15) is 29.8 Å². The van der Waals surface area contributed by atoms with Crippen LogP contribution in [0.4, 0.5) is 0 Å². The first-order valence-electron chi connectivity index (χ1n) is 6.04. The zero-order valence-electron chi connectivity index (χ0n) is 10.6. The van der Waals surface area contributed by atoms with Crippen LogP contribution in [0.25, 0.3) is 0 Å². The maximum Gasteiger partial charge on any atom is 0.125 e. The van der Waals surface area contributed by atoms with Crippen molar-refractivity contribution in [3.63, 3.8) is 0 Å². The lowest BCUT2D eigenvalue weighted by molar-refractivity contribution is 0.211. The predicted octanol–water partition coefficient (Wildman–Crippen LogP) is 2.87. The van der Waals surface area contributed by atoms with Gasteiger partial charge in [0, 0.05) is 17.5 Å². The molecule has 0 bridgehead atoms. The molecule has 94 valence electrons. The van der Waals surface area contributed by atoms with Gasteiger partial charge < -0.3 is 9.84 Å². The van der Waals surface area contributed by atoms with Crippen molar-refractivity contribution in [2.75, 3.05) is 6.61 Å². The van der Waals surface area contributed by atoms with Gasteiger partial charge in [-0.25, -0.2) is 0 Å². The highest BCUT2D eigenvalue weighted by Gasteiger charge is 2.15. The van der Waals surface area contributed by atoms with Crippen LogP contribution in [-0.2, 0) is 0 Å². The fraction of sp³-hybridized carbons (Fsp3) is 0.267. The fourth-order valence-corrected chi connectivity index (χ4v) is 1.91. The highest BCUT2D eigenvalue weighted by atomic mass is 16.5. The SMILES string of the molecule is CCOc1ccccc1C(O)c1ccnc(C)c1. The summed E-state index contributed by atoms with van der Waals surface area (Å²) in [6.07, 6.45) is 1.02. The van der Waals surface area contributed by atoms with Crippen molar-refractivity contribution < 1.29 is 9.84 Å². The van der Waals surface area contributed by atoms with E-state index in [4.69, 9.17) is 4.74 Å². The lowest BCUT2D eigenvalue weighted by atomic mass is 10.0. The Kier molecular flexibility index (Phi) is 3.95. The second kappa shape index (κ2) is 5.65. The second-order valence-corrected chi connectivity index (χ2v) is 4.10. The van der Waals surface area contributed by atoms with Crippen LogP contribution < -0.4 is 4.74 Å². The van der Waals surface area contributed by atoms with Crippen LogP contribution >= 0.6 is 0 Å². The molecule has 2 aromatic rings. The summed E-state index contributed by atoms with van der Waals surface area (Å²) in [7, 11) is 0. The molecule has 0 saturated heterocycles. The number of rotatable bonds is 4. The van der Waals surface area contributed by atoms with E-state index >= 15 is 0 Å². The minimum Gasteiger partial charge on any atom is -0.493 e. The number of hydrogen-bond donors (Lipinski definition) is 1. The van der Waals surface area contributed by atoms with Crippen molar-refractivity contribution in [2.45, 2.75) is 20.0 Å². The molecule has 1 aromatic carbocycles. The summed E-state index contributed by atoms with van der Waals surface area (Å²) in [5.41, 5.74) is 2.50. The number of para-hydroxylation sites is 1. The van der Waals surface area contributed by atoms with Gasteiger partial charge >= 0.3 is 0 Å². The molecule has 18 heavy (non-hydrogen) atoms. The number of nitrogens with zero attached hydrogens (tertiary/aromatic N) is 1. The van der Waals surface area contributed by atoms with Crippen molar-refractivity contribution in [2.24, 2.45) is 0 Å². The number of hydrogen-bond acceptors (Lipinski definition) is 3. The van der Waals surface area contributed by atoms with E-state index in [1.807, 2.05) is 50.2 Å². The van der Waals surface area contributed by atoms with Crippen LogP contribution in [0, 0.1) is 6.92 Å². The van der Waals surface area contributed by atoms with Gasteiger partial charge in [0.1, 0.15) is 11.9 Å². The van der Waals surface area contributed by atoms with Crippen LogP contribution in [-0.4, -0.2) is 16.7 Å². The second-order valence-electron chi connectivity index (χ2n) is 4.10. The van der Waals surface area contributed by atoms with Crippen molar-refractivity contribution in [1.29, 1.82) is 0 Å². The van der Waals surface area contributed by atoms with Gasteiger partial charge in [0.2, 0.25) is 0 Å². The summed E-state index contributed by atoms with van der Waals surface area (Å²) in [5.74, 6) is 0.724. The van der Waals surface area contributed by atoms with Gasteiger partial charge in [-0.15, -0.1) is 0 Å². The standard InChI is InChI=1S/C15H17NO2/c1-3-18-14-7-5-4-6-13(14)15(17)12-8-9-16-11(2)10-12/h4-10,15,17H,3H2,1-2H3. The Morgan fingerprint density at radius 1 is 1.28 bits per heavy atom. The molecule has 2 rings (SSSR count). The summed E-state index contributed by atoms with van der Waals surface area (Å²) in [5, 5.41) is 10.4. The molecule has 3 nitrogen and oxygen atoms in total. The molecular weight excluding hydrogens is 226 g/mol. The number of aromatic nitrogens is 1. The molecule has 1 aromatic heterocycles. The number of aliphatic hydroxyl groups excluding tert-OH is 1. The first-order valence-corrected chi connectivity index (χ1v) is 6.04. The smallest absolute Gasteiger partial charge is 0.125 e. The average Bonchev–Trinajstić information content (AvgIpc) is 2.39. The van der Waals surface area contributed by atoms with Crippen molar-refractivity contribution >= 4 is 0 Å². The summed E-state index contributed by atoms with van der Waals surface area (Å²) in [4.78, 5) is 4.13. The van der Waals surface area contributed by atoms with E-state index in [0.717, 1.165) is 22.6 Å². The van der Waals surface area contributed by atoms with Crippen molar-refractivity contribution in [3.8, 4) is 5.75 Å². The number of pyridine rings is 1. The van der Waals surface area contributed by atoms with Crippen LogP contribution in [0.2, 0.25) is 0 Å². The molecule has 0 spiro atoms. The van der Waals surface area contributed by atoms with Gasteiger partial charge in [-0.2, -0.15) is 0 Å². The Bertz CT molecular complexity index is 525. The molecule has 3 heteroatoms. The zero-order chi connectivity index (χ0) is 13.0. The van der Waals surface area contributed by atoms with Gasteiger partial charge in [0.05, 0.1) is 6.61 Å². The van der Waals surface area contributed by atoms with Gasteiger partial charge in [-0.05, 0) is 37.6 Å². The maximum absolute atomic E-state index is 10.4. The predicted molar refractivity (Wildman–Crippen MR) is 70.6 cm³/mol. The quantitative estimate of drug-likeness (QED) is 0.897. The van der Waals surface area contributed by atoms with Gasteiger partial charge in [0.15, 0.2) is 0 Å². The van der Waals surface area contributed by atoms with E-state index in [2.05, 4.69) is 4.98 Å². The Hall–Kier alpha value is -1.87. The summed E-state index contributed by atoms with van der Waals surface area (Å²) < 4.78 is 5.53. The monoisotopic (exact) mass is 243 g/mol. The van der Waals surface area contributed by atoms with Crippen molar-refractivity contribution in [1.82, 2.24) is 4.98 Å². The molecule has 0 saturated carbocycles. The van der Waals surface area contributed by atoms with Gasteiger partial charge in [-0.1, -0.05) is 18.2 Å². The molecule has 0 radical (unpaired) electrons. The molecule has 1 heterocycles. The largest absolute Gasteiger partial charge is 0.493 e. The summed E-state index contributed by atoms with van der Waals surface area (Å²) in [6, 6.07) is 11.3. The fourth-order valence-electron chi connectivity index (χ4n) is 1.91. The molecule has 1 atom stereocenters.